The lowest BCUT2D eigenvalue weighted by Gasteiger charge is -2.14. The van der Waals surface area contributed by atoms with Crippen LogP contribution in [0.2, 0.25) is 0 Å². The number of rotatable bonds is 7. The van der Waals surface area contributed by atoms with Gasteiger partial charge in [-0.2, -0.15) is 5.10 Å². The van der Waals surface area contributed by atoms with Gasteiger partial charge in [0.1, 0.15) is 16.2 Å². The summed E-state index contributed by atoms with van der Waals surface area (Å²) in [5, 5.41) is 14.6. The van der Waals surface area contributed by atoms with Crippen LogP contribution < -0.4 is 0 Å². The van der Waals surface area contributed by atoms with E-state index in [4.69, 9.17) is 0 Å². The summed E-state index contributed by atoms with van der Waals surface area (Å²) in [5.74, 6) is -0.142. The number of nitrogens with zero attached hydrogens (tertiary/aromatic N) is 4. The van der Waals surface area contributed by atoms with E-state index in [1.807, 2.05) is 5.01 Å². The van der Waals surface area contributed by atoms with Gasteiger partial charge in [0.25, 0.3) is 0 Å². The van der Waals surface area contributed by atoms with Crippen LogP contribution in [-0.4, -0.2) is 53.5 Å². The fourth-order valence-electron chi connectivity index (χ4n) is 3.08. The minimum Gasteiger partial charge on any atom is -0.296 e. The van der Waals surface area contributed by atoms with Gasteiger partial charge < -0.3 is 0 Å². The van der Waals surface area contributed by atoms with Gasteiger partial charge in [0.2, 0.25) is 0 Å². The molecule has 2 aromatic rings. The predicted octanol–water partition coefficient (Wildman–Crippen LogP) is 2.09. The van der Waals surface area contributed by atoms with Gasteiger partial charge in [-0.25, -0.2) is 8.42 Å². The Kier molecular flexibility index (Phi) is 5.05. The highest BCUT2D eigenvalue weighted by molar-refractivity contribution is 7.92. The normalized spacial score (nSPS) is 18.1. The van der Waals surface area contributed by atoms with Crippen LogP contribution in [0, 0.1) is 0 Å². The maximum Gasteiger partial charge on any atom is 0.190 e. The molecule has 0 bridgehead atoms. The number of hydrogen-bond acceptors (Lipinski definition) is 8. The summed E-state index contributed by atoms with van der Waals surface area (Å²) in [5.41, 5.74) is 2.57. The number of carbonyl (C=O) groups is 1. The van der Waals surface area contributed by atoms with Gasteiger partial charge in [-0.15, -0.1) is 21.5 Å². The molecule has 9 heteroatoms. The first kappa shape index (κ1) is 18.2. The van der Waals surface area contributed by atoms with Crippen LogP contribution in [0.3, 0.4) is 0 Å². The lowest BCUT2D eigenvalue weighted by atomic mass is 10.0. The molecule has 2 aliphatic rings. The maximum atomic E-state index is 12.9. The average molecular weight is 405 g/mol. The van der Waals surface area contributed by atoms with Gasteiger partial charge in [0.05, 0.1) is 16.6 Å². The van der Waals surface area contributed by atoms with Crippen LogP contribution in [0.1, 0.15) is 36.3 Å². The molecule has 0 unspecified atom stereocenters. The number of carbonyl (C=O) groups excluding carboxylic acids is 1. The predicted molar refractivity (Wildman–Crippen MR) is 103 cm³/mol. The fraction of sp³-hybridized carbons (Fsp3) is 0.444. The van der Waals surface area contributed by atoms with Crippen LogP contribution >= 0.6 is 11.3 Å². The Morgan fingerprint density at radius 1 is 1.19 bits per heavy atom. The second-order valence-electron chi connectivity index (χ2n) is 6.81. The Labute approximate surface area is 162 Å². The molecule has 0 N–H and O–H groups in total. The Morgan fingerprint density at radius 2 is 1.89 bits per heavy atom. The van der Waals surface area contributed by atoms with Gasteiger partial charge in [-0.3, -0.25) is 9.80 Å². The second kappa shape index (κ2) is 7.47. The second-order valence-corrected chi connectivity index (χ2v) is 9.96. The van der Waals surface area contributed by atoms with Crippen molar-refractivity contribution in [2.45, 2.75) is 42.2 Å². The Morgan fingerprint density at radius 3 is 2.48 bits per heavy atom. The SMILES string of the molecule is O=C(Cc1nncs1)/C(=N/N1CCCC1)c1ccc(S(=O)(=O)C2CC2)cc1. The molecule has 142 valence electrons. The molecule has 1 aliphatic heterocycles. The van der Waals surface area contributed by atoms with E-state index in [0.717, 1.165) is 38.8 Å². The summed E-state index contributed by atoms with van der Waals surface area (Å²) in [6, 6.07) is 6.53. The van der Waals surface area contributed by atoms with Crippen molar-refractivity contribution in [3.05, 3.63) is 40.3 Å². The molecule has 1 aromatic carbocycles. The summed E-state index contributed by atoms with van der Waals surface area (Å²) in [6.07, 6.45) is 3.71. The van der Waals surface area contributed by atoms with Crippen molar-refractivity contribution in [2.75, 3.05) is 13.1 Å². The lowest BCUT2D eigenvalue weighted by molar-refractivity contribution is -0.112. The molecular formula is C18H20N4O3S2. The molecule has 2 fully saturated rings. The summed E-state index contributed by atoms with van der Waals surface area (Å²) in [7, 11) is -3.24. The van der Waals surface area contributed by atoms with Crippen LogP contribution in [0.25, 0.3) is 0 Å². The summed E-state index contributed by atoms with van der Waals surface area (Å²) in [6.45, 7) is 1.65. The number of benzene rings is 1. The van der Waals surface area contributed by atoms with Gasteiger partial charge >= 0.3 is 0 Å². The molecule has 2 heterocycles. The van der Waals surface area contributed by atoms with Gasteiger partial charge in [0.15, 0.2) is 15.6 Å². The first-order valence-electron chi connectivity index (χ1n) is 9.00. The molecular weight excluding hydrogens is 384 g/mol. The van der Waals surface area contributed by atoms with Crippen molar-refractivity contribution < 1.29 is 13.2 Å². The van der Waals surface area contributed by atoms with E-state index >= 15 is 0 Å². The van der Waals surface area contributed by atoms with E-state index in [2.05, 4.69) is 15.3 Å². The Hall–Kier alpha value is -2.13. The molecule has 1 aliphatic carbocycles. The average Bonchev–Trinajstić information content (AvgIpc) is 3.18. The van der Waals surface area contributed by atoms with Crippen molar-refractivity contribution in [3.8, 4) is 0 Å². The lowest BCUT2D eigenvalue weighted by Crippen LogP contribution is -2.23. The minimum absolute atomic E-state index is 0.138. The van der Waals surface area contributed by atoms with Gasteiger partial charge in [0, 0.05) is 18.7 Å². The third kappa shape index (κ3) is 4.08. The Balaban J connectivity index is 1.62. The van der Waals surface area contributed by atoms with Gasteiger partial charge in [-0.05, 0) is 37.8 Å². The third-order valence-electron chi connectivity index (χ3n) is 4.72. The highest BCUT2D eigenvalue weighted by Gasteiger charge is 2.36. The minimum atomic E-state index is -3.24. The standard InChI is InChI=1S/C18H20N4O3S2/c23-16(11-17-20-19-12-26-17)18(21-22-9-1-2-10-22)13-3-5-14(6-4-13)27(24,25)15-7-8-15/h3-6,12,15H,1-2,7-11H2/b21-18+. The first-order chi connectivity index (χ1) is 13.0. The summed E-state index contributed by atoms with van der Waals surface area (Å²) in [4.78, 5) is 13.2. The molecule has 0 radical (unpaired) electrons. The number of Topliss-reactive ketones (excluding diaryl/α,β-unsaturated/α-hetero) is 1. The van der Waals surface area contributed by atoms with E-state index in [9.17, 15) is 13.2 Å². The molecule has 0 spiro atoms. The third-order valence-corrected chi connectivity index (χ3v) is 7.70. The quantitative estimate of drug-likeness (QED) is 0.656. The van der Waals surface area contributed by atoms with Gasteiger partial charge in [-0.1, -0.05) is 12.1 Å². The van der Waals surface area contributed by atoms with Crippen LogP contribution in [0.15, 0.2) is 39.8 Å². The highest BCUT2D eigenvalue weighted by Crippen LogP contribution is 2.33. The van der Waals surface area contributed by atoms with E-state index in [1.54, 1.807) is 29.8 Å². The smallest absolute Gasteiger partial charge is 0.190 e. The van der Waals surface area contributed by atoms with Crippen molar-refractivity contribution in [2.24, 2.45) is 5.10 Å². The zero-order chi connectivity index (χ0) is 18.9. The Bertz CT molecular complexity index is 943. The summed E-state index contributed by atoms with van der Waals surface area (Å²) < 4.78 is 24.8. The largest absolute Gasteiger partial charge is 0.296 e. The number of aromatic nitrogens is 2. The molecule has 4 rings (SSSR count). The topological polar surface area (TPSA) is 92.6 Å². The zero-order valence-corrected chi connectivity index (χ0v) is 16.4. The van der Waals surface area contributed by atoms with Crippen molar-refractivity contribution >= 4 is 32.7 Å². The molecule has 27 heavy (non-hydrogen) atoms. The fourth-order valence-corrected chi connectivity index (χ4v) is 5.27. The van der Waals surface area contributed by atoms with E-state index in [1.165, 1.54) is 11.3 Å². The van der Waals surface area contributed by atoms with E-state index in [0.29, 0.717) is 21.2 Å². The number of hydrogen-bond donors (Lipinski definition) is 0. The maximum absolute atomic E-state index is 12.9. The van der Waals surface area contributed by atoms with E-state index < -0.39 is 9.84 Å². The zero-order valence-electron chi connectivity index (χ0n) is 14.7. The first-order valence-corrected chi connectivity index (χ1v) is 11.4. The molecule has 1 saturated carbocycles. The van der Waals surface area contributed by atoms with Crippen molar-refractivity contribution in [1.82, 2.24) is 15.2 Å². The van der Waals surface area contributed by atoms with Crippen LogP contribution in [0.5, 0.6) is 0 Å². The molecule has 1 aromatic heterocycles. The number of ketones is 1. The van der Waals surface area contributed by atoms with Crippen molar-refractivity contribution in [1.29, 1.82) is 0 Å². The summed E-state index contributed by atoms with van der Waals surface area (Å²) >= 11 is 1.33. The molecule has 0 amide bonds. The number of sulfone groups is 1. The van der Waals surface area contributed by atoms with Crippen LogP contribution in [-0.2, 0) is 21.1 Å². The molecule has 1 saturated heterocycles. The van der Waals surface area contributed by atoms with Crippen LogP contribution in [0.4, 0.5) is 0 Å². The monoisotopic (exact) mass is 404 g/mol. The molecule has 7 nitrogen and oxygen atoms in total. The van der Waals surface area contributed by atoms with Crippen molar-refractivity contribution in [3.63, 3.8) is 0 Å². The highest BCUT2D eigenvalue weighted by atomic mass is 32.2. The molecule has 0 atom stereocenters. The van der Waals surface area contributed by atoms with E-state index in [-0.39, 0.29) is 17.5 Å². The number of hydrazone groups is 1.